The maximum Gasteiger partial charge on any atom is 0.249 e. The molecule has 0 saturated heterocycles. The highest BCUT2D eigenvalue weighted by molar-refractivity contribution is 5.80. The molecule has 4 atom stereocenters. The van der Waals surface area contributed by atoms with Gasteiger partial charge in [-0.05, 0) is 45.4 Å². The van der Waals surface area contributed by atoms with E-state index in [1.165, 1.54) is 0 Å². The first kappa shape index (κ1) is 16.4. The second kappa shape index (κ2) is 7.25. The molecule has 1 aliphatic carbocycles. The standard InChI is InChI=1S/C15H30N2O2/c1-5-6-12(3)17-14(18)13(4)19-15(10-16)8-7-11(2)9-15/h11-13H,5-10,16H2,1-4H3,(H,17,18). The van der Waals surface area contributed by atoms with Crippen molar-refractivity contribution in [3.05, 3.63) is 0 Å². The minimum atomic E-state index is -0.423. The molecule has 4 heteroatoms. The molecular weight excluding hydrogens is 240 g/mol. The van der Waals surface area contributed by atoms with Gasteiger partial charge in [-0.2, -0.15) is 0 Å². The summed E-state index contributed by atoms with van der Waals surface area (Å²) in [6.07, 6.45) is 4.71. The fourth-order valence-electron chi connectivity index (χ4n) is 2.98. The van der Waals surface area contributed by atoms with Crippen molar-refractivity contribution in [2.24, 2.45) is 11.7 Å². The van der Waals surface area contributed by atoms with Crippen LogP contribution < -0.4 is 11.1 Å². The van der Waals surface area contributed by atoms with E-state index in [0.29, 0.717) is 12.5 Å². The second-order valence-corrected chi connectivity index (χ2v) is 6.19. The molecule has 0 aromatic carbocycles. The van der Waals surface area contributed by atoms with E-state index in [9.17, 15) is 4.79 Å². The van der Waals surface area contributed by atoms with E-state index in [1.807, 2.05) is 13.8 Å². The van der Waals surface area contributed by atoms with Crippen LogP contribution in [-0.2, 0) is 9.53 Å². The van der Waals surface area contributed by atoms with Crippen molar-refractivity contribution >= 4 is 5.91 Å². The Morgan fingerprint density at radius 2 is 2.21 bits per heavy atom. The third-order valence-corrected chi connectivity index (χ3v) is 4.09. The zero-order valence-corrected chi connectivity index (χ0v) is 12.9. The first-order valence-electron chi connectivity index (χ1n) is 7.60. The lowest BCUT2D eigenvalue weighted by Gasteiger charge is -2.31. The molecule has 4 nitrogen and oxygen atoms in total. The van der Waals surface area contributed by atoms with Gasteiger partial charge in [0.15, 0.2) is 0 Å². The van der Waals surface area contributed by atoms with Crippen molar-refractivity contribution in [3.8, 4) is 0 Å². The number of rotatable bonds is 7. The molecule has 1 rings (SSSR count). The Kier molecular flexibility index (Phi) is 6.27. The summed E-state index contributed by atoms with van der Waals surface area (Å²) < 4.78 is 6.02. The predicted molar refractivity (Wildman–Crippen MR) is 77.9 cm³/mol. The number of hydrogen-bond donors (Lipinski definition) is 2. The highest BCUT2D eigenvalue weighted by atomic mass is 16.5. The first-order valence-corrected chi connectivity index (χ1v) is 7.60. The zero-order valence-electron chi connectivity index (χ0n) is 12.9. The van der Waals surface area contributed by atoms with E-state index >= 15 is 0 Å². The molecule has 1 amide bonds. The maximum absolute atomic E-state index is 12.1. The van der Waals surface area contributed by atoms with Gasteiger partial charge < -0.3 is 15.8 Å². The van der Waals surface area contributed by atoms with Gasteiger partial charge in [-0.15, -0.1) is 0 Å². The summed E-state index contributed by atoms with van der Waals surface area (Å²) in [6, 6.07) is 0.208. The average Bonchev–Trinajstić information content (AvgIpc) is 2.71. The number of ether oxygens (including phenoxy) is 1. The van der Waals surface area contributed by atoms with Crippen LogP contribution in [0.5, 0.6) is 0 Å². The largest absolute Gasteiger partial charge is 0.361 e. The number of carbonyl (C=O) groups excluding carboxylic acids is 1. The Balaban J connectivity index is 2.48. The molecule has 1 aliphatic rings. The number of hydrogen-bond acceptors (Lipinski definition) is 3. The Hall–Kier alpha value is -0.610. The van der Waals surface area contributed by atoms with Crippen LogP contribution in [0.3, 0.4) is 0 Å². The molecule has 0 aromatic heterocycles. The molecular formula is C15H30N2O2. The summed E-state index contributed by atoms with van der Waals surface area (Å²) in [5, 5.41) is 3.00. The molecule has 0 bridgehead atoms. The Morgan fingerprint density at radius 1 is 1.53 bits per heavy atom. The van der Waals surface area contributed by atoms with Crippen LogP contribution >= 0.6 is 0 Å². The predicted octanol–water partition coefficient (Wildman–Crippen LogP) is 2.21. The summed E-state index contributed by atoms with van der Waals surface area (Å²) in [6.45, 7) is 8.69. The van der Waals surface area contributed by atoms with Gasteiger partial charge in [0.25, 0.3) is 0 Å². The number of amides is 1. The number of nitrogens with two attached hydrogens (primary N) is 1. The van der Waals surface area contributed by atoms with Gasteiger partial charge in [-0.25, -0.2) is 0 Å². The summed E-state index contributed by atoms with van der Waals surface area (Å²) >= 11 is 0. The van der Waals surface area contributed by atoms with E-state index in [-0.39, 0.29) is 17.6 Å². The number of carbonyl (C=O) groups is 1. The highest BCUT2D eigenvalue weighted by Crippen LogP contribution is 2.37. The minimum absolute atomic E-state index is 0.0201. The summed E-state index contributed by atoms with van der Waals surface area (Å²) in [5.41, 5.74) is 5.58. The van der Waals surface area contributed by atoms with Gasteiger partial charge >= 0.3 is 0 Å². The van der Waals surface area contributed by atoms with Crippen molar-refractivity contribution < 1.29 is 9.53 Å². The third kappa shape index (κ3) is 4.77. The lowest BCUT2D eigenvalue weighted by Crippen LogP contribution is -2.47. The van der Waals surface area contributed by atoms with Gasteiger partial charge in [-0.3, -0.25) is 4.79 Å². The average molecular weight is 270 g/mol. The van der Waals surface area contributed by atoms with Crippen molar-refractivity contribution in [1.82, 2.24) is 5.32 Å². The molecule has 112 valence electrons. The Morgan fingerprint density at radius 3 is 2.68 bits per heavy atom. The van der Waals surface area contributed by atoms with Gasteiger partial charge in [0.2, 0.25) is 5.91 Å². The van der Waals surface area contributed by atoms with E-state index in [1.54, 1.807) is 0 Å². The Labute approximate surface area is 117 Å². The minimum Gasteiger partial charge on any atom is -0.361 e. The smallest absolute Gasteiger partial charge is 0.249 e. The van der Waals surface area contributed by atoms with Gasteiger partial charge in [0.05, 0.1) is 5.60 Å². The van der Waals surface area contributed by atoms with Crippen LogP contribution in [0.2, 0.25) is 0 Å². The molecule has 19 heavy (non-hydrogen) atoms. The fraction of sp³-hybridized carbons (Fsp3) is 0.933. The van der Waals surface area contributed by atoms with Gasteiger partial charge in [0.1, 0.15) is 6.10 Å². The van der Waals surface area contributed by atoms with Gasteiger partial charge in [0, 0.05) is 12.6 Å². The van der Waals surface area contributed by atoms with Crippen LogP contribution in [0.4, 0.5) is 0 Å². The van der Waals surface area contributed by atoms with Crippen LogP contribution in [-0.4, -0.2) is 30.2 Å². The lowest BCUT2D eigenvalue weighted by atomic mass is 10.0. The third-order valence-electron chi connectivity index (χ3n) is 4.09. The van der Waals surface area contributed by atoms with Crippen molar-refractivity contribution in [2.75, 3.05) is 6.54 Å². The van der Waals surface area contributed by atoms with E-state index in [4.69, 9.17) is 10.5 Å². The molecule has 3 N–H and O–H groups in total. The number of nitrogens with one attached hydrogen (secondary N) is 1. The molecule has 0 aromatic rings. The lowest BCUT2D eigenvalue weighted by molar-refractivity contribution is -0.145. The van der Waals surface area contributed by atoms with Crippen LogP contribution in [0.25, 0.3) is 0 Å². The van der Waals surface area contributed by atoms with Crippen molar-refractivity contribution in [2.45, 2.75) is 77.5 Å². The quantitative estimate of drug-likeness (QED) is 0.745. The van der Waals surface area contributed by atoms with E-state index in [0.717, 1.165) is 32.1 Å². The van der Waals surface area contributed by atoms with Gasteiger partial charge in [-0.1, -0.05) is 20.3 Å². The van der Waals surface area contributed by atoms with E-state index in [2.05, 4.69) is 19.2 Å². The monoisotopic (exact) mass is 270 g/mol. The highest BCUT2D eigenvalue weighted by Gasteiger charge is 2.39. The van der Waals surface area contributed by atoms with Crippen LogP contribution in [0, 0.1) is 5.92 Å². The molecule has 0 aliphatic heterocycles. The molecule has 1 saturated carbocycles. The first-order chi connectivity index (χ1) is 8.92. The molecule has 1 fully saturated rings. The molecule has 0 radical (unpaired) electrons. The fourth-order valence-corrected chi connectivity index (χ4v) is 2.98. The maximum atomic E-state index is 12.1. The summed E-state index contributed by atoms with van der Waals surface area (Å²) in [5.74, 6) is 0.617. The molecule has 4 unspecified atom stereocenters. The van der Waals surface area contributed by atoms with Crippen molar-refractivity contribution in [1.29, 1.82) is 0 Å². The summed E-state index contributed by atoms with van der Waals surface area (Å²) in [4.78, 5) is 12.1. The summed E-state index contributed by atoms with van der Waals surface area (Å²) in [7, 11) is 0. The molecule has 0 spiro atoms. The SMILES string of the molecule is CCCC(C)NC(=O)C(C)OC1(CN)CCC(C)C1. The normalized spacial score (nSPS) is 30.1. The topological polar surface area (TPSA) is 64.3 Å². The zero-order chi connectivity index (χ0) is 14.5. The second-order valence-electron chi connectivity index (χ2n) is 6.19. The van der Waals surface area contributed by atoms with Crippen molar-refractivity contribution in [3.63, 3.8) is 0 Å². The van der Waals surface area contributed by atoms with E-state index < -0.39 is 6.10 Å². The van der Waals surface area contributed by atoms with Crippen LogP contribution in [0.15, 0.2) is 0 Å². The Bertz CT molecular complexity index is 296. The molecule has 0 heterocycles. The van der Waals surface area contributed by atoms with Crippen LogP contribution in [0.1, 0.15) is 59.8 Å².